The number of hydrogen-bond acceptors (Lipinski definition) is 4. The second-order valence-corrected chi connectivity index (χ2v) is 6.53. The molecule has 0 aliphatic rings. The number of aryl methyl sites for hydroxylation is 2. The second-order valence-electron chi connectivity index (χ2n) is 6.53. The van der Waals surface area contributed by atoms with Gasteiger partial charge in [-0.2, -0.15) is 0 Å². The van der Waals surface area contributed by atoms with Gasteiger partial charge < -0.3 is 14.8 Å². The summed E-state index contributed by atoms with van der Waals surface area (Å²) in [6, 6.07) is 12.5. The highest BCUT2D eigenvalue weighted by atomic mass is 16.5. The summed E-state index contributed by atoms with van der Waals surface area (Å²) >= 11 is 0. The minimum atomic E-state index is -0.675. The highest BCUT2D eigenvalue weighted by Crippen LogP contribution is 2.20. The van der Waals surface area contributed by atoms with E-state index in [2.05, 4.69) is 5.32 Å². The van der Waals surface area contributed by atoms with Gasteiger partial charge in [0.05, 0.1) is 12.2 Å². The minimum Gasteiger partial charge on any atom is -0.481 e. The Bertz CT molecular complexity index is 763. The topological polar surface area (TPSA) is 64.6 Å². The number of anilines is 1. The molecular formula is C22H27NO4. The quantitative estimate of drug-likeness (QED) is 0.543. The predicted octanol–water partition coefficient (Wildman–Crippen LogP) is 4.67. The molecule has 0 unspecified atom stereocenters. The molecule has 0 saturated heterocycles. The van der Waals surface area contributed by atoms with Crippen molar-refractivity contribution in [3.8, 4) is 5.75 Å². The number of nitrogens with one attached hydrogen (secondary N) is 1. The van der Waals surface area contributed by atoms with Crippen LogP contribution in [0.5, 0.6) is 5.75 Å². The van der Waals surface area contributed by atoms with E-state index >= 15 is 0 Å². The first kappa shape index (κ1) is 20.5. The van der Waals surface area contributed by atoms with Gasteiger partial charge in [-0.05, 0) is 62.6 Å². The van der Waals surface area contributed by atoms with Gasteiger partial charge in [-0.1, -0.05) is 31.5 Å². The van der Waals surface area contributed by atoms with Crippen LogP contribution in [0.1, 0.15) is 48.2 Å². The monoisotopic (exact) mass is 369 g/mol. The summed E-state index contributed by atoms with van der Waals surface area (Å²) in [4.78, 5) is 24.3. The number of carbonyl (C=O) groups excluding carboxylic acids is 2. The van der Waals surface area contributed by atoms with E-state index in [4.69, 9.17) is 9.47 Å². The molecule has 5 nitrogen and oxygen atoms in total. The predicted molar refractivity (Wildman–Crippen MR) is 106 cm³/mol. The van der Waals surface area contributed by atoms with Crippen LogP contribution in [-0.2, 0) is 9.53 Å². The van der Waals surface area contributed by atoms with Gasteiger partial charge >= 0.3 is 5.97 Å². The highest BCUT2D eigenvalue weighted by molar-refractivity contribution is 5.95. The number of amides is 1. The van der Waals surface area contributed by atoms with Crippen LogP contribution in [0.15, 0.2) is 42.5 Å². The Morgan fingerprint density at radius 2 is 1.67 bits per heavy atom. The first-order chi connectivity index (χ1) is 12.9. The lowest BCUT2D eigenvalue weighted by Crippen LogP contribution is -2.30. The van der Waals surface area contributed by atoms with Crippen molar-refractivity contribution in [1.29, 1.82) is 0 Å². The van der Waals surface area contributed by atoms with E-state index in [1.165, 1.54) is 0 Å². The van der Waals surface area contributed by atoms with Crippen LogP contribution in [-0.4, -0.2) is 24.6 Å². The number of rotatable bonds is 8. The van der Waals surface area contributed by atoms with E-state index < -0.39 is 6.10 Å². The number of unbranched alkanes of at least 4 members (excludes halogenated alkanes) is 1. The average molecular weight is 369 g/mol. The number of carbonyl (C=O) groups is 2. The lowest BCUT2D eigenvalue weighted by Gasteiger charge is -2.17. The molecule has 2 rings (SSSR count). The zero-order valence-electron chi connectivity index (χ0n) is 16.4. The lowest BCUT2D eigenvalue weighted by atomic mass is 10.1. The van der Waals surface area contributed by atoms with E-state index in [9.17, 15) is 9.59 Å². The molecule has 1 N–H and O–H groups in total. The zero-order valence-corrected chi connectivity index (χ0v) is 16.4. The molecule has 0 saturated carbocycles. The third-order valence-corrected chi connectivity index (χ3v) is 4.23. The molecular weight excluding hydrogens is 342 g/mol. The normalized spacial score (nSPS) is 11.6. The van der Waals surface area contributed by atoms with Crippen LogP contribution in [0.2, 0.25) is 0 Å². The standard InChI is InChI=1S/C22H27NO4/c1-5-6-14-26-22(25)18-10-12-19(13-11-18)27-17(4)21(24)23-20-15(2)8-7-9-16(20)3/h7-13,17H,5-6,14H2,1-4H3,(H,23,24)/t17-/m1/s1. The van der Waals surface area contributed by atoms with Gasteiger partial charge in [0.25, 0.3) is 5.91 Å². The van der Waals surface area contributed by atoms with Crippen molar-refractivity contribution in [1.82, 2.24) is 0 Å². The van der Waals surface area contributed by atoms with Crippen molar-refractivity contribution < 1.29 is 19.1 Å². The van der Waals surface area contributed by atoms with Gasteiger partial charge in [-0.3, -0.25) is 4.79 Å². The van der Waals surface area contributed by atoms with Crippen LogP contribution in [0.3, 0.4) is 0 Å². The summed E-state index contributed by atoms with van der Waals surface area (Å²) in [5.74, 6) is -0.0597. The Morgan fingerprint density at radius 3 is 2.26 bits per heavy atom. The molecule has 0 aliphatic heterocycles. The molecule has 0 radical (unpaired) electrons. The molecule has 0 aromatic heterocycles. The van der Waals surface area contributed by atoms with Gasteiger partial charge in [0, 0.05) is 5.69 Å². The Balaban J connectivity index is 1.94. The van der Waals surface area contributed by atoms with Crippen LogP contribution in [0, 0.1) is 13.8 Å². The largest absolute Gasteiger partial charge is 0.481 e. The van der Waals surface area contributed by atoms with E-state index in [1.807, 2.05) is 39.0 Å². The molecule has 1 atom stereocenters. The summed E-state index contributed by atoms with van der Waals surface area (Å²) in [7, 11) is 0. The molecule has 0 heterocycles. The smallest absolute Gasteiger partial charge is 0.338 e. The van der Waals surface area contributed by atoms with Crippen molar-refractivity contribution in [3.63, 3.8) is 0 Å². The molecule has 2 aromatic carbocycles. The molecule has 27 heavy (non-hydrogen) atoms. The molecule has 0 fully saturated rings. The van der Waals surface area contributed by atoms with E-state index in [1.54, 1.807) is 31.2 Å². The first-order valence-electron chi connectivity index (χ1n) is 9.23. The van der Waals surface area contributed by atoms with Gasteiger partial charge in [0.1, 0.15) is 5.75 Å². The highest BCUT2D eigenvalue weighted by Gasteiger charge is 2.17. The van der Waals surface area contributed by atoms with Crippen LogP contribution in [0.4, 0.5) is 5.69 Å². The number of benzene rings is 2. The van der Waals surface area contributed by atoms with Crippen molar-refractivity contribution in [2.75, 3.05) is 11.9 Å². The first-order valence-corrected chi connectivity index (χ1v) is 9.23. The van der Waals surface area contributed by atoms with Gasteiger partial charge in [0.15, 0.2) is 6.10 Å². The number of ether oxygens (including phenoxy) is 2. The zero-order chi connectivity index (χ0) is 19.8. The number of hydrogen-bond donors (Lipinski definition) is 1. The Hall–Kier alpha value is -2.82. The lowest BCUT2D eigenvalue weighted by molar-refractivity contribution is -0.122. The third kappa shape index (κ3) is 5.84. The van der Waals surface area contributed by atoms with Crippen LogP contribution in [0.25, 0.3) is 0 Å². The van der Waals surface area contributed by atoms with Gasteiger partial charge in [0.2, 0.25) is 0 Å². The molecule has 5 heteroatoms. The summed E-state index contributed by atoms with van der Waals surface area (Å²) < 4.78 is 10.9. The Kier molecular flexibility index (Phi) is 7.41. The maximum Gasteiger partial charge on any atom is 0.338 e. The third-order valence-electron chi connectivity index (χ3n) is 4.23. The minimum absolute atomic E-state index is 0.226. The van der Waals surface area contributed by atoms with Crippen LogP contribution < -0.4 is 10.1 Å². The fourth-order valence-electron chi connectivity index (χ4n) is 2.56. The fraction of sp³-hybridized carbons (Fsp3) is 0.364. The van der Waals surface area contributed by atoms with Crippen molar-refractivity contribution in [2.24, 2.45) is 0 Å². The molecule has 0 bridgehead atoms. The molecule has 0 aliphatic carbocycles. The number of esters is 1. The molecule has 1 amide bonds. The van der Waals surface area contributed by atoms with Gasteiger partial charge in [-0.25, -0.2) is 4.79 Å². The SMILES string of the molecule is CCCCOC(=O)c1ccc(O[C@H](C)C(=O)Nc2c(C)cccc2C)cc1. The molecule has 144 valence electrons. The van der Waals surface area contributed by atoms with Gasteiger partial charge in [-0.15, -0.1) is 0 Å². The summed E-state index contributed by atoms with van der Waals surface area (Å²) in [6.07, 6.45) is 1.15. The van der Waals surface area contributed by atoms with E-state index in [0.29, 0.717) is 17.9 Å². The Morgan fingerprint density at radius 1 is 1.04 bits per heavy atom. The molecule has 2 aromatic rings. The van der Waals surface area contributed by atoms with E-state index in [-0.39, 0.29) is 11.9 Å². The second kappa shape index (κ2) is 9.76. The van der Waals surface area contributed by atoms with Crippen molar-refractivity contribution >= 4 is 17.6 Å². The van der Waals surface area contributed by atoms with Crippen molar-refractivity contribution in [3.05, 3.63) is 59.2 Å². The summed E-state index contributed by atoms with van der Waals surface area (Å²) in [6.45, 7) is 8.05. The van der Waals surface area contributed by atoms with E-state index in [0.717, 1.165) is 29.7 Å². The number of para-hydroxylation sites is 1. The van der Waals surface area contributed by atoms with Crippen LogP contribution >= 0.6 is 0 Å². The summed E-state index contributed by atoms with van der Waals surface area (Å²) in [5, 5.41) is 2.92. The van der Waals surface area contributed by atoms with Crippen molar-refractivity contribution in [2.45, 2.75) is 46.6 Å². The maximum absolute atomic E-state index is 12.4. The fourth-order valence-corrected chi connectivity index (χ4v) is 2.56. The Labute approximate surface area is 160 Å². The summed E-state index contributed by atoms with van der Waals surface area (Å²) in [5.41, 5.74) is 3.28. The maximum atomic E-state index is 12.4. The molecule has 0 spiro atoms. The average Bonchev–Trinajstić information content (AvgIpc) is 2.65.